The first-order valence-electron chi connectivity index (χ1n) is 8.14. The Kier molecular flexibility index (Phi) is 5.01. The van der Waals surface area contributed by atoms with E-state index >= 15 is 0 Å². The van der Waals surface area contributed by atoms with Crippen molar-refractivity contribution in [3.8, 4) is 0 Å². The van der Waals surface area contributed by atoms with Gasteiger partial charge in [0.1, 0.15) is 5.60 Å². The van der Waals surface area contributed by atoms with Crippen molar-refractivity contribution in [1.29, 1.82) is 0 Å². The molecule has 1 aromatic heterocycles. The summed E-state index contributed by atoms with van der Waals surface area (Å²) in [5, 5.41) is 0. The smallest absolute Gasteiger partial charge is 0.214 e. The average molecular weight is 340 g/mol. The molecule has 6 nitrogen and oxygen atoms in total. The van der Waals surface area contributed by atoms with Crippen molar-refractivity contribution < 1.29 is 17.9 Å². The van der Waals surface area contributed by atoms with E-state index in [1.165, 1.54) is 0 Å². The summed E-state index contributed by atoms with van der Waals surface area (Å²) in [6.07, 6.45) is 5.08. The number of aromatic nitrogens is 1. The van der Waals surface area contributed by atoms with Gasteiger partial charge in [-0.25, -0.2) is 8.42 Å². The second-order valence-electron chi connectivity index (χ2n) is 6.35. The van der Waals surface area contributed by atoms with Crippen LogP contribution in [0.3, 0.4) is 0 Å². The van der Waals surface area contributed by atoms with Crippen molar-refractivity contribution in [2.24, 2.45) is 5.92 Å². The van der Waals surface area contributed by atoms with E-state index in [1.54, 1.807) is 16.7 Å². The maximum Gasteiger partial charge on any atom is 0.214 e. The van der Waals surface area contributed by atoms with Gasteiger partial charge in [0.25, 0.3) is 0 Å². The van der Waals surface area contributed by atoms with Gasteiger partial charge in [0.05, 0.1) is 19.0 Å². The van der Waals surface area contributed by atoms with Crippen LogP contribution in [0.4, 0.5) is 0 Å². The van der Waals surface area contributed by atoms with Crippen LogP contribution in [-0.4, -0.2) is 55.4 Å². The molecule has 0 amide bonds. The van der Waals surface area contributed by atoms with Crippen LogP contribution < -0.4 is 0 Å². The Morgan fingerprint density at radius 1 is 1.39 bits per heavy atom. The highest BCUT2D eigenvalue weighted by molar-refractivity contribution is 7.89. The quantitative estimate of drug-likeness (QED) is 0.751. The summed E-state index contributed by atoms with van der Waals surface area (Å²) in [5.41, 5.74) is 0.757. The van der Waals surface area contributed by atoms with Gasteiger partial charge < -0.3 is 9.47 Å². The number of hydrogen-bond acceptors (Lipinski definition) is 5. The van der Waals surface area contributed by atoms with Gasteiger partial charge in [-0.1, -0.05) is 6.92 Å². The fourth-order valence-electron chi connectivity index (χ4n) is 3.30. The number of ether oxygens (including phenoxy) is 2. The molecule has 2 fully saturated rings. The monoisotopic (exact) mass is 340 g/mol. The molecular weight excluding hydrogens is 316 g/mol. The molecule has 0 aliphatic carbocycles. The van der Waals surface area contributed by atoms with Crippen molar-refractivity contribution in [2.45, 2.75) is 32.0 Å². The van der Waals surface area contributed by atoms with Crippen LogP contribution in [0.1, 0.15) is 25.3 Å². The lowest BCUT2D eigenvalue weighted by Crippen LogP contribution is -2.66. The van der Waals surface area contributed by atoms with Gasteiger partial charge in [0.2, 0.25) is 10.0 Å². The zero-order valence-electron chi connectivity index (χ0n) is 13.5. The van der Waals surface area contributed by atoms with Gasteiger partial charge in [-0.3, -0.25) is 4.98 Å². The van der Waals surface area contributed by atoms with Crippen molar-refractivity contribution in [1.82, 2.24) is 9.29 Å². The maximum absolute atomic E-state index is 12.1. The van der Waals surface area contributed by atoms with Crippen LogP contribution in [0.2, 0.25) is 0 Å². The minimum Gasteiger partial charge on any atom is -0.376 e. The Hall–Kier alpha value is -1.02. The third-order valence-corrected chi connectivity index (χ3v) is 6.65. The Labute approximate surface area is 137 Å². The predicted octanol–water partition coefficient (Wildman–Crippen LogP) is 1.43. The van der Waals surface area contributed by atoms with Gasteiger partial charge in [-0.05, 0) is 30.5 Å². The van der Waals surface area contributed by atoms with Gasteiger partial charge in [0, 0.05) is 38.0 Å². The highest BCUT2D eigenvalue weighted by atomic mass is 32.2. The van der Waals surface area contributed by atoms with E-state index in [1.807, 2.05) is 19.1 Å². The summed E-state index contributed by atoms with van der Waals surface area (Å²) in [7, 11) is -3.12. The molecule has 3 rings (SSSR count). The summed E-state index contributed by atoms with van der Waals surface area (Å²) in [6, 6.07) is 3.87. The van der Waals surface area contributed by atoms with Crippen molar-refractivity contribution in [3.63, 3.8) is 0 Å². The van der Waals surface area contributed by atoms with E-state index in [4.69, 9.17) is 9.47 Å². The molecule has 23 heavy (non-hydrogen) atoms. The molecule has 0 saturated carbocycles. The summed E-state index contributed by atoms with van der Waals surface area (Å²) in [4.78, 5) is 3.98. The van der Waals surface area contributed by atoms with Crippen molar-refractivity contribution in [3.05, 3.63) is 30.1 Å². The summed E-state index contributed by atoms with van der Waals surface area (Å²) in [6.45, 7) is 4.66. The van der Waals surface area contributed by atoms with Crippen LogP contribution >= 0.6 is 0 Å². The molecule has 0 radical (unpaired) electrons. The summed E-state index contributed by atoms with van der Waals surface area (Å²) in [5.74, 6) is 0.476. The molecule has 7 heteroatoms. The Bertz CT molecular complexity index is 614. The topological polar surface area (TPSA) is 68.7 Å². The second-order valence-corrected chi connectivity index (χ2v) is 8.44. The molecule has 3 heterocycles. The number of nitrogens with zero attached hydrogens (tertiary/aromatic N) is 2. The Morgan fingerprint density at radius 2 is 2.13 bits per heavy atom. The molecule has 1 aromatic rings. The van der Waals surface area contributed by atoms with Crippen LogP contribution in [0.5, 0.6) is 0 Å². The predicted molar refractivity (Wildman–Crippen MR) is 86.3 cm³/mol. The molecule has 0 aromatic carbocycles. The molecule has 2 aliphatic heterocycles. The zero-order valence-corrected chi connectivity index (χ0v) is 14.3. The normalized spacial score (nSPS) is 24.0. The standard InChI is InChI=1S/C16H24N2O4S/c1-2-9-23(19,20)18-12-16(13-18)15(5-8-22-16)11-21-10-14-3-6-17-7-4-14/h3-4,6-7,15H,2,5,8-13H2,1H3. The Balaban J connectivity index is 1.51. The minimum atomic E-state index is -3.12. The van der Waals surface area contributed by atoms with E-state index < -0.39 is 10.0 Å². The second kappa shape index (κ2) is 6.84. The van der Waals surface area contributed by atoms with Gasteiger partial charge >= 0.3 is 0 Å². The van der Waals surface area contributed by atoms with Crippen LogP contribution in [-0.2, 0) is 26.1 Å². The van der Waals surface area contributed by atoms with Crippen LogP contribution in [0.25, 0.3) is 0 Å². The molecule has 0 bridgehead atoms. The lowest BCUT2D eigenvalue weighted by atomic mass is 9.83. The Morgan fingerprint density at radius 3 is 2.83 bits per heavy atom. The van der Waals surface area contributed by atoms with E-state index in [0.29, 0.717) is 39.3 Å². The number of sulfonamides is 1. The first-order chi connectivity index (χ1) is 11.1. The summed E-state index contributed by atoms with van der Waals surface area (Å²) >= 11 is 0. The molecule has 2 aliphatic rings. The molecular formula is C16H24N2O4S. The maximum atomic E-state index is 12.1. The SMILES string of the molecule is CCCS(=O)(=O)N1CC2(C1)OCCC2COCc1ccncc1. The molecule has 1 atom stereocenters. The van der Waals surface area contributed by atoms with Crippen LogP contribution in [0, 0.1) is 5.92 Å². The van der Waals surface area contributed by atoms with Crippen LogP contribution in [0.15, 0.2) is 24.5 Å². The summed E-state index contributed by atoms with van der Waals surface area (Å²) < 4.78 is 37.5. The third kappa shape index (κ3) is 3.57. The first kappa shape index (κ1) is 16.8. The minimum absolute atomic E-state index is 0.215. The van der Waals surface area contributed by atoms with Gasteiger partial charge in [-0.15, -0.1) is 0 Å². The third-order valence-electron chi connectivity index (χ3n) is 4.68. The zero-order chi connectivity index (χ0) is 16.3. The van der Waals surface area contributed by atoms with E-state index in [2.05, 4.69) is 4.98 Å². The number of rotatable bonds is 7. The van der Waals surface area contributed by atoms with E-state index in [0.717, 1.165) is 12.0 Å². The molecule has 0 N–H and O–H groups in total. The molecule has 2 saturated heterocycles. The molecule has 1 spiro atoms. The van der Waals surface area contributed by atoms with E-state index in [9.17, 15) is 8.42 Å². The van der Waals surface area contributed by atoms with Gasteiger partial charge in [-0.2, -0.15) is 4.31 Å². The van der Waals surface area contributed by atoms with E-state index in [-0.39, 0.29) is 17.3 Å². The fourth-order valence-corrected chi connectivity index (χ4v) is 4.91. The van der Waals surface area contributed by atoms with Gasteiger partial charge in [0.15, 0.2) is 0 Å². The highest BCUT2D eigenvalue weighted by Gasteiger charge is 2.56. The molecule has 128 valence electrons. The lowest BCUT2D eigenvalue weighted by Gasteiger charge is -2.49. The first-order valence-corrected chi connectivity index (χ1v) is 9.75. The number of hydrogen-bond donors (Lipinski definition) is 0. The fraction of sp³-hybridized carbons (Fsp3) is 0.688. The number of pyridine rings is 1. The largest absolute Gasteiger partial charge is 0.376 e. The molecule has 1 unspecified atom stereocenters. The lowest BCUT2D eigenvalue weighted by molar-refractivity contribution is -0.115. The highest BCUT2D eigenvalue weighted by Crippen LogP contribution is 2.41. The average Bonchev–Trinajstić information content (AvgIpc) is 2.91. The van der Waals surface area contributed by atoms with Crippen molar-refractivity contribution >= 4 is 10.0 Å². The van der Waals surface area contributed by atoms with Crippen molar-refractivity contribution in [2.75, 3.05) is 32.1 Å².